The second-order valence-corrected chi connectivity index (χ2v) is 4.09. The zero-order valence-electron chi connectivity index (χ0n) is 10.0. The van der Waals surface area contributed by atoms with E-state index in [1.54, 1.807) is 24.4 Å². The molecular formula is C13H8F2N4O. The van der Waals surface area contributed by atoms with Gasteiger partial charge in [-0.1, -0.05) is 0 Å². The highest BCUT2D eigenvalue weighted by Gasteiger charge is 2.16. The van der Waals surface area contributed by atoms with E-state index in [4.69, 9.17) is 0 Å². The van der Waals surface area contributed by atoms with Gasteiger partial charge in [-0.2, -0.15) is 9.49 Å². The predicted molar refractivity (Wildman–Crippen MR) is 68.2 cm³/mol. The molecule has 0 saturated heterocycles. The zero-order chi connectivity index (χ0) is 14.1. The summed E-state index contributed by atoms with van der Waals surface area (Å²) in [5, 5.41) is 9.96. The summed E-state index contributed by atoms with van der Waals surface area (Å²) in [6.07, 6.45) is 2.67. The number of benzene rings is 1. The van der Waals surface area contributed by atoms with Crippen molar-refractivity contribution >= 4 is 22.5 Å². The number of anilines is 1. The first kappa shape index (κ1) is 12.2. The number of hydrogen-bond acceptors (Lipinski definition) is 3. The third-order valence-electron chi connectivity index (χ3n) is 2.79. The number of pyridine rings is 1. The molecule has 1 amide bonds. The van der Waals surface area contributed by atoms with Crippen molar-refractivity contribution in [2.24, 2.45) is 0 Å². The summed E-state index contributed by atoms with van der Waals surface area (Å²) in [5.74, 6) is -3.32. The van der Waals surface area contributed by atoms with Gasteiger partial charge in [-0.15, -0.1) is 0 Å². The van der Waals surface area contributed by atoms with Crippen molar-refractivity contribution in [3.05, 3.63) is 54.0 Å². The fourth-order valence-electron chi connectivity index (χ4n) is 1.81. The van der Waals surface area contributed by atoms with Gasteiger partial charge < -0.3 is 5.32 Å². The first-order valence-corrected chi connectivity index (χ1v) is 5.69. The first-order chi connectivity index (χ1) is 9.65. The number of aromatic nitrogens is 3. The van der Waals surface area contributed by atoms with Crippen molar-refractivity contribution in [1.82, 2.24) is 15.2 Å². The van der Waals surface area contributed by atoms with Gasteiger partial charge in [0.1, 0.15) is 0 Å². The van der Waals surface area contributed by atoms with Crippen LogP contribution in [0.1, 0.15) is 10.4 Å². The lowest BCUT2D eigenvalue weighted by Crippen LogP contribution is -2.15. The van der Waals surface area contributed by atoms with Crippen LogP contribution in [0.3, 0.4) is 0 Å². The van der Waals surface area contributed by atoms with Crippen LogP contribution in [-0.2, 0) is 0 Å². The van der Waals surface area contributed by atoms with E-state index >= 15 is 0 Å². The molecule has 0 fully saturated rings. The minimum Gasteiger partial charge on any atom is -0.322 e. The Morgan fingerprint density at radius 2 is 2.10 bits per heavy atom. The number of H-pyrrole nitrogens is 1. The Kier molecular flexibility index (Phi) is 2.86. The lowest BCUT2D eigenvalue weighted by atomic mass is 10.2. The number of amides is 1. The highest BCUT2D eigenvalue weighted by atomic mass is 19.2. The van der Waals surface area contributed by atoms with Gasteiger partial charge in [0.2, 0.25) is 5.95 Å². The number of nitrogens with one attached hydrogen (secondary N) is 2. The summed E-state index contributed by atoms with van der Waals surface area (Å²) in [6.45, 7) is 0. The summed E-state index contributed by atoms with van der Waals surface area (Å²) in [7, 11) is 0. The molecule has 3 rings (SSSR count). The molecule has 0 spiro atoms. The number of aromatic amines is 1. The predicted octanol–water partition coefficient (Wildman–Crippen LogP) is 2.49. The summed E-state index contributed by atoms with van der Waals surface area (Å²) in [6, 6.07) is 6.15. The van der Waals surface area contributed by atoms with Crippen molar-refractivity contribution < 1.29 is 13.6 Å². The number of carbonyl (C=O) groups excluding carboxylic acids is 1. The minimum absolute atomic E-state index is 0.401. The Hall–Kier alpha value is -2.83. The summed E-state index contributed by atoms with van der Waals surface area (Å²) < 4.78 is 26.4. The van der Waals surface area contributed by atoms with Crippen molar-refractivity contribution in [2.45, 2.75) is 0 Å². The van der Waals surface area contributed by atoms with Gasteiger partial charge in [0.15, 0.2) is 5.82 Å². The average Bonchev–Trinajstić information content (AvgIpc) is 2.89. The Balaban J connectivity index is 1.90. The van der Waals surface area contributed by atoms with Crippen LogP contribution in [-0.4, -0.2) is 21.1 Å². The van der Waals surface area contributed by atoms with Crippen LogP contribution in [0.5, 0.6) is 0 Å². The molecular weight excluding hydrogens is 266 g/mol. The van der Waals surface area contributed by atoms with Crippen molar-refractivity contribution in [1.29, 1.82) is 0 Å². The minimum atomic E-state index is -1.30. The smallest absolute Gasteiger partial charge is 0.258 e. The maximum Gasteiger partial charge on any atom is 0.258 e. The maximum atomic E-state index is 13.4. The van der Waals surface area contributed by atoms with E-state index in [0.29, 0.717) is 5.69 Å². The summed E-state index contributed by atoms with van der Waals surface area (Å²) in [4.78, 5) is 15.0. The van der Waals surface area contributed by atoms with E-state index in [9.17, 15) is 13.6 Å². The molecule has 0 bridgehead atoms. The molecule has 1 aromatic carbocycles. The Labute approximate surface area is 111 Å². The standard InChI is InChI=1S/C13H8F2N4O/c14-11-9(3-4-16-12(11)15)13(20)18-8-2-1-7-6-17-19-10(7)5-8/h1-6H,(H,17,19)(H,18,20). The van der Waals surface area contributed by atoms with E-state index < -0.39 is 23.2 Å². The van der Waals surface area contributed by atoms with E-state index in [0.717, 1.165) is 23.2 Å². The highest BCUT2D eigenvalue weighted by molar-refractivity contribution is 6.05. The Morgan fingerprint density at radius 1 is 1.25 bits per heavy atom. The number of carbonyl (C=O) groups is 1. The highest BCUT2D eigenvalue weighted by Crippen LogP contribution is 2.18. The molecule has 7 heteroatoms. The number of hydrogen-bond donors (Lipinski definition) is 2. The third kappa shape index (κ3) is 2.09. The van der Waals surface area contributed by atoms with E-state index in [1.165, 1.54) is 0 Å². The molecule has 2 N–H and O–H groups in total. The van der Waals surface area contributed by atoms with E-state index in [2.05, 4.69) is 20.5 Å². The molecule has 100 valence electrons. The van der Waals surface area contributed by atoms with Crippen LogP contribution in [0.25, 0.3) is 10.9 Å². The van der Waals surface area contributed by atoms with Crippen LogP contribution in [0.4, 0.5) is 14.5 Å². The van der Waals surface area contributed by atoms with Gasteiger partial charge in [0, 0.05) is 17.3 Å². The molecule has 20 heavy (non-hydrogen) atoms. The number of rotatable bonds is 2. The summed E-state index contributed by atoms with van der Waals surface area (Å²) in [5.41, 5.74) is 0.773. The molecule has 5 nitrogen and oxygen atoms in total. The normalized spacial score (nSPS) is 10.7. The fraction of sp³-hybridized carbons (Fsp3) is 0. The molecule has 3 aromatic rings. The van der Waals surface area contributed by atoms with Gasteiger partial charge in [0.05, 0.1) is 17.3 Å². The van der Waals surface area contributed by atoms with Gasteiger partial charge in [-0.3, -0.25) is 9.89 Å². The third-order valence-corrected chi connectivity index (χ3v) is 2.79. The molecule has 2 aromatic heterocycles. The van der Waals surface area contributed by atoms with Crippen molar-refractivity contribution in [2.75, 3.05) is 5.32 Å². The molecule has 0 unspecified atom stereocenters. The molecule has 0 aliphatic heterocycles. The van der Waals surface area contributed by atoms with Crippen LogP contribution >= 0.6 is 0 Å². The monoisotopic (exact) mass is 274 g/mol. The Morgan fingerprint density at radius 3 is 2.95 bits per heavy atom. The quantitative estimate of drug-likeness (QED) is 0.705. The molecule has 2 heterocycles. The average molecular weight is 274 g/mol. The van der Waals surface area contributed by atoms with Crippen LogP contribution in [0.15, 0.2) is 36.7 Å². The number of halogens is 2. The lowest BCUT2D eigenvalue weighted by Gasteiger charge is -2.06. The maximum absolute atomic E-state index is 13.4. The second kappa shape index (κ2) is 4.69. The van der Waals surface area contributed by atoms with Crippen molar-refractivity contribution in [3.8, 4) is 0 Å². The van der Waals surface area contributed by atoms with Gasteiger partial charge in [0.25, 0.3) is 5.91 Å². The lowest BCUT2D eigenvalue weighted by molar-refractivity contribution is 0.102. The molecule has 0 atom stereocenters. The molecule has 0 radical (unpaired) electrons. The number of nitrogens with zero attached hydrogens (tertiary/aromatic N) is 2. The van der Waals surface area contributed by atoms with Crippen LogP contribution in [0.2, 0.25) is 0 Å². The number of fused-ring (bicyclic) bond motifs is 1. The topological polar surface area (TPSA) is 70.7 Å². The Bertz CT molecular complexity index is 800. The van der Waals surface area contributed by atoms with Gasteiger partial charge >= 0.3 is 0 Å². The second-order valence-electron chi connectivity index (χ2n) is 4.09. The largest absolute Gasteiger partial charge is 0.322 e. The van der Waals surface area contributed by atoms with Gasteiger partial charge in [-0.05, 0) is 24.3 Å². The van der Waals surface area contributed by atoms with E-state index in [1.807, 2.05) is 0 Å². The van der Waals surface area contributed by atoms with Gasteiger partial charge in [-0.25, -0.2) is 9.37 Å². The fourth-order valence-corrected chi connectivity index (χ4v) is 1.81. The van der Waals surface area contributed by atoms with E-state index in [-0.39, 0.29) is 0 Å². The SMILES string of the molecule is O=C(Nc1ccc2cn[nH]c2c1)c1ccnc(F)c1F. The molecule has 0 saturated carbocycles. The molecule has 0 aliphatic rings. The van der Waals surface area contributed by atoms with Crippen LogP contribution < -0.4 is 5.32 Å². The zero-order valence-corrected chi connectivity index (χ0v) is 10.0. The first-order valence-electron chi connectivity index (χ1n) is 5.69. The molecule has 0 aliphatic carbocycles. The van der Waals surface area contributed by atoms with Crippen molar-refractivity contribution in [3.63, 3.8) is 0 Å². The van der Waals surface area contributed by atoms with Crippen LogP contribution in [0, 0.1) is 11.8 Å². The summed E-state index contributed by atoms with van der Waals surface area (Å²) >= 11 is 0.